The van der Waals surface area contributed by atoms with Gasteiger partial charge in [0.15, 0.2) is 0 Å². The van der Waals surface area contributed by atoms with Crippen molar-refractivity contribution in [2.75, 3.05) is 7.11 Å². The van der Waals surface area contributed by atoms with E-state index >= 15 is 0 Å². The third-order valence-electron chi connectivity index (χ3n) is 2.25. The van der Waals surface area contributed by atoms with Crippen LogP contribution in [-0.2, 0) is 4.74 Å². The highest BCUT2D eigenvalue weighted by Gasteiger charge is 2.08. The third kappa shape index (κ3) is 4.29. The van der Waals surface area contributed by atoms with Crippen LogP contribution in [-0.4, -0.2) is 18.2 Å². The summed E-state index contributed by atoms with van der Waals surface area (Å²) in [5.41, 5.74) is 1.51. The van der Waals surface area contributed by atoms with Crippen molar-refractivity contribution in [2.45, 2.75) is 6.92 Å². The second-order valence-electron chi connectivity index (χ2n) is 3.66. The summed E-state index contributed by atoms with van der Waals surface area (Å²) in [4.78, 5) is 10.9. The van der Waals surface area contributed by atoms with E-state index in [1.165, 1.54) is 24.8 Å². The zero-order valence-corrected chi connectivity index (χ0v) is 10.5. The molecule has 2 aromatic carbocycles. The SMILES string of the molecule is COC(=O)c1ccccc1O.Cc1ccccc1. The molecule has 0 atom stereocenters. The first kappa shape index (κ1) is 13.8. The summed E-state index contributed by atoms with van der Waals surface area (Å²) in [6, 6.07) is 16.5. The topological polar surface area (TPSA) is 46.5 Å². The van der Waals surface area contributed by atoms with Crippen molar-refractivity contribution < 1.29 is 14.6 Å². The quantitative estimate of drug-likeness (QED) is 0.784. The number of methoxy groups -OCH3 is 1. The maximum absolute atomic E-state index is 10.9. The molecule has 0 radical (unpaired) electrons. The molecule has 3 nitrogen and oxygen atoms in total. The Morgan fingerprint density at radius 3 is 2.00 bits per heavy atom. The Bertz CT molecular complexity index is 492. The van der Waals surface area contributed by atoms with Gasteiger partial charge in [-0.15, -0.1) is 0 Å². The van der Waals surface area contributed by atoms with E-state index in [2.05, 4.69) is 23.8 Å². The highest BCUT2D eigenvalue weighted by Crippen LogP contribution is 2.15. The van der Waals surface area contributed by atoms with E-state index in [-0.39, 0.29) is 11.3 Å². The number of hydrogen-bond donors (Lipinski definition) is 1. The Morgan fingerprint density at radius 1 is 1.00 bits per heavy atom. The second-order valence-corrected chi connectivity index (χ2v) is 3.66. The molecule has 0 aliphatic carbocycles. The maximum atomic E-state index is 10.9. The van der Waals surface area contributed by atoms with Gasteiger partial charge in [0.05, 0.1) is 7.11 Å². The Kier molecular flexibility index (Phi) is 5.45. The van der Waals surface area contributed by atoms with Crippen LogP contribution < -0.4 is 0 Å². The summed E-state index contributed by atoms with van der Waals surface area (Å²) in [5.74, 6) is -0.581. The van der Waals surface area contributed by atoms with Crippen molar-refractivity contribution in [3.63, 3.8) is 0 Å². The van der Waals surface area contributed by atoms with E-state index < -0.39 is 5.97 Å². The molecule has 1 N–H and O–H groups in total. The first-order valence-corrected chi connectivity index (χ1v) is 5.53. The predicted molar refractivity (Wildman–Crippen MR) is 70.6 cm³/mol. The van der Waals surface area contributed by atoms with Crippen molar-refractivity contribution in [2.24, 2.45) is 0 Å². The lowest BCUT2D eigenvalue weighted by atomic mass is 10.2. The lowest BCUT2D eigenvalue weighted by Crippen LogP contribution is -2.00. The van der Waals surface area contributed by atoms with E-state index in [0.717, 1.165) is 0 Å². The largest absolute Gasteiger partial charge is 0.507 e. The average Bonchev–Trinajstić information content (AvgIpc) is 2.40. The molecule has 0 fully saturated rings. The summed E-state index contributed by atoms with van der Waals surface area (Å²) >= 11 is 0. The molecule has 0 aliphatic rings. The molecule has 94 valence electrons. The summed E-state index contributed by atoms with van der Waals surface area (Å²) in [6.45, 7) is 2.08. The number of esters is 1. The first-order chi connectivity index (χ1) is 8.65. The number of hydrogen-bond acceptors (Lipinski definition) is 3. The van der Waals surface area contributed by atoms with Gasteiger partial charge in [0.25, 0.3) is 0 Å². The average molecular weight is 244 g/mol. The summed E-state index contributed by atoms with van der Waals surface area (Å²) < 4.78 is 4.42. The number of aryl methyl sites for hydroxylation is 1. The van der Waals surface area contributed by atoms with Crippen LogP contribution in [0.25, 0.3) is 0 Å². The molecule has 2 rings (SSSR count). The third-order valence-corrected chi connectivity index (χ3v) is 2.25. The van der Waals surface area contributed by atoms with Gasteiger partial charge in [-0.25, -0.2) is 4.79 Å². The van der Waals surface area contributed by atoms with Crippen LogP contribution in [0.5, 0.6) is 5.75 Å². The van der Waals surface area contributed by atoms with Crippen molar-refractivity contribution in [1.82, 2.24) is 0 Å². The molecule has 0 heterocycles. The van der Waals surface area contributed by atoms with E-state index in [1.54, 1.807) is 12.1 Å². The van der Waals surface area contributed by atoms with Crippen LogP contribution in [0, 0.1) is 6.92 Å². The number of phenolic OH excluding ortho intramolecular Hbond substituents is 1. The lowest BCUT2D eigenvalue weighted by Gasteiger charge is -1.99. The second kappa shape index (κ2) is 7.12. The number of ether oxygens (including phenoxy) is 1. The Hall–Kier alpha value is -2.29. The highest BCUT2D eigenvalue weighted by molar-refractivity contribution is 5.92. The number of para-hydroxylation sites is 1. The molecule has 0 amide bonds. The number of benzene rings is 2. The van der Waals surface area contributed by atoms with Crippen molar-refractivity contribution in [3.05, 3.63) is 65.7 Å². The summed E-state index contributed by atoms with van der Waals surface area (Å²) in [6.07, 6.45) is 0. The van der Waals surface area contributed by atoms with Crippen molar-refractivity contribution in [1.29, 1.82) is 0 Å². The molecule has 3 heteroatoms. The minimum atomic E-state index is -0.525. The number of phenols is 1. The van der Waals surface area contributed by atoms with Gasteiger partial charge in [-0.2, -0.15) is 0 Å². The summed E-state index contributed by atoms with van der Waals surface area (Å²) in [5, 5.41) is 9.11. The number of rotatable bonds is 1. The molecule has 0 unspecified atom stereocenters. The van der Waals surface area contributed by atoms with E-state index in [4.69, 9.17) is 5.11 Å². The Balaban J connectivity index is 0.000000199. The van der Waals surface area contributed by atoms with Crippen LogP contribution in [0.2, 0.25) is 0 Å². The number of carbonyl (C=O) groups excluding carboxylic acids is 1. The first-order valence-electron chi connectivity index (χ1n) is 5.53. The smallest absolute Gasteiger partial charge is 0.341 e. The maximum Gasteiger partial charge on any atom is 0.341 e. The number of aromatic hydroxyl groups is 1. The lowest BCUT2D eigenvalue weighted by molar-refractivity contribution is 0.0597. The molecule has 0 spiro atoms. The molecule has 2 aromatic rings. The molecule has 0 aromatic heterocycles. The molecular weight excluding hydrogens is 228 g/mol. The van der Waals surface area contributed by atoms with Crippen LogP contribution in [0.1, 0.15) is 15.9 Å². The van der Waals surface area contributed by atoms with Gasteiger partial charge < -0.3 is 9.84 Å². The van der Waals surface area contributed by atoms with Gasteiger partial charge >= 0.3 is 5.97 Å². The zero-order chi connectivity index (χ0) is 13.4. The van der Waals surface area contributed by atoms with Gasteiger partial charge in [-0.05, 0) is 19.1 Å². The fourth-order valence-electron chi connectivity index (χ4n) is 1.29. The van der Waals surface area contributed by atoms with Crippen LogP contribution in [0.4, 0.5) is 0 Å². The fourth-order valence-corrected chi connectivity index (χ4v) is 1.29. The van der Waals surface area contributed by atoms with Gasteiger partial charge in [0.1, 0.15) is 11.3 Å². The van der Waals surface area contributed by atoms with E-state index in [1.807, 2.05) is 18.2 Å². The van der Waals surface area contributed by atoms with Gasteiger partial charge in [-0.3, -0.25) is 0 Å². The normalized spacial score (nSPS) is 9.00. The van der Waals surface area contributed by atoms with Crippen LogP contribution in [0.15, 0.2) is 54.6 Å². The predicted octanol–water partition coefficient (Wildman–Crippen LogP) is 3.17. The minimum Gasteiger partial charge on any atom is -0.507 e. The fraction of sp³-hybridized carbons (Fsp3) is 0.133. The van der Waals surface area contributed by atoms with Gasteiger partial charge in [0.2, 0.25) is 0 Å². The number of carbonyl (C=O) groups is 1. The monoisotopic (exact) mass is 244 g/mol. The van der Waals surface area contributed by atoms with Gasteiger partial charge in [-0.1, -0.05) is 48.0 Å². The summed E-state index contributed by atoms with van der Waals surface area (Å²) in [7, 11) is 1.27. The van der Waals surface area contributed by atoms with Crippen molar-refractivity contribution in [3.8, 4) is 5.75 Å². The highest BCUT2D eigenvalue weighted by atomic mass is 16.5. The van der Waals surface area contributed by atoms with Crippen molar-refractivity contribution >= 4 is 5.97 Å². The molecular formula is C15H16O3. The Labute approximate surface area is 107 Å². The molecule has 18 heavy (non-hydrogen) atoms. The molecule has 0 saturated heterocycles. The van der Waals surface area contributed by atoms with E-state index in [9.17, 15) is 4.79 Å². The van der Waals surface area contributed by atoms with Gasteiger partial charge in [0, 0.05) is 0 Å². The molecule has 0 bridgehead atoms. The zero-order valence-electron chi connectivity index (χ0n) is 10.5. The minimum absolute atomic E-state index is 0.0562. The van der Waals surface area contributed by atoms with Crippen LogP contribution >= 0.6 is 0 Å². The standard InChI is InChI=1S/C8H8O3.C7H8/c1-11-8(10)6-4-2-3-5-7(6)9;1-7-5-3-2-4-6-7/h2-5,9H,1H3;2-6H,1H3. The molecule has 0 aliphatic heterocycles. The Morgan fingerprint density at radius 2 is 1.56 bits per heavy atom. The van der Waals surface area contributed by atoms with Crippen LogP contribution in [0.3, 0.4) is 0 Å². The van der Waals surface area contributed by atoms with E-state index in [0.29, 0.717) is 0 Å². The molecule has 0 saturated carbocycles.